The Balaban J connectivity index is 1.18. The van der Waals surface area contributed by atoms with Crippen LogP contribution in [0.5, 0.6) is 0 Å². The molecule has 51 heavy (non-hydrogen) atoms. The van der Waals surface area contributed by atoms with Crippen molar-refractivity contribution in [1.82, 2.24) is 9.13 Å². The number of para-hydroxylation sites is 3. The van der Waals surface area contributed by atoms with E-state index in [4.69, 9.17) is 0 Å². The zero-order chi connectivity index (χ0) is 33.2. The summed E-state index contributed by atoms with van der Waals surface area (Å²) in [5, 5.41) is 5.09. The number of hydrogen-bond donors (Lipinski definition) is 0. The summed E-state index contributed by atoms with van der Waals surface area (Å²) >= 11 is 0. The van der Waals surface area contributed by atoms with Crippen LogP contribution in [0.3, 0.4) is 0 Å². The van der Waals surface area contributed by atoms with Crippen molar-refractivity contribution in [1.29, 1.82) is 0 Å². The highest BCUT2D eigenvalue weighted by Crippen LogP contribution is 2.52. The van der Waals surface area contributed by atoms with E-state index in [1.165, 1.54) is 105 Å². The quantitative estimate of drug-likeness (QED) is 0.177. The fraction of sp³-hybridized carbons (Fsp3) is 0.0204. The molecule has 0 spiro atoms. The fourth-order valence-corrected chi connectivity index (χ4v) is 9.48. The summed E-state index contributed by atoms with van der Waals surface area (Å²) in [6, 6.07) is 65.6. The Kier molecular flexibility index (Phi) is 5.32. The molecule has 2 nitrogen and oxygen atoms in total. The van der Waals surface area contributed by atoms with Gasteiger partial charge >= 0.3 is 0 Å². The lowest BCUT2D eigenvalue weighted by Crippen LogP contribution is -2.02. The first-order chi connectivity index (χ1) is 25.3. The summed E-state index contributed by atoms with van der Waals surface area (Å²) in [5.41, 5.74) is 19.2. The molecule has 0 unspecified atom stereocenters. The molecule has 8 aromatic carbocycles. The van der Waals surface area contributed by atoms with Crippen LogP contribution in [0.2, 0.25) is 0 Å². The Bertz CT molecular complexity index is 3000. The van der Waals surface area contributed by atoms with Crippen molar-refractivity contribution in [3.8, 4) is 44.8 Å². The van der Waals surface area contributed by atoms with Gasteiger partial charge in [-0.1, -0.05) is 133 Å². The standard InChI is InChI=1S/C49H30N2/c1-2-16-35-34(15-1)41-27-30(48-39-20-5-3-13-32(39)33-14-4-6-21-40(33)48)25-26-47(41)51-46-24-12-9-19-38(46)43-29-31(28-42(35)49(43)51)50-44-22-10-7-17-36(44)37-18-8-11-23-45(37)50/h1-29,48H. The topological polar surface area (TPSA) is 9.86 Å². The first-order valence-electron chi connectivity index (χ1n) is 17.8. The van der Waals surface area contributed by atoms with E-state index in [9.17, 15) is 0 Å². The van der Waals surface area contributed by atoms with Gasteiger partial charge in [-0.15, -0.1) is 0 Å². The molecular formula is C49H30N2. The van der Waals surface area contributed by atoms with E-state index in [0.29, 0.717) is 0 Å². The number of rotatable bonds is 2. The SMILES string of the molecule is c1ccc2c(c1)-c1cc(C3c4ccccc4-c4ccccc43)ccc1-n1c3ccccc3c3cc(-n4c5ccccc5c5ccccc54)cc-2c31. The maximum Gasteiger partial charge on any atom is 0.0621 e. The summed E-state index contributed by atoms with van der Waals surface area (Å²) in [7, 11) is 0. The minimum absolute atomic E-state index is 0.184. The number of aromatic nitrogens is 2. The van der Waals surface area contributed by atoms with Gasteiger partial charge in [-0.05, 0) is 81.4 Å². The molecule has 2 aromatic heterocycles. The number of hydrogen-bond acceptors (Lipinski definition) is 0. The Morgan fingerprint density at radius 1 is 0.333 bits per heavy atom. The van der Waals surface area contributed by atoms with Crippen LogP contribution in [0.1, 0.15) is 22.6 Å². The monoisotopic (exact) mass is 646 g/mol. The zero-order valence-electron chi connectivity index (χ0n) is 27.7. The molecule has 0 amide bonds. The number of benzene rings is 8. The molecule has 2 aliphatic rings. The van der Waals surface area contributed by atoms with Gasteiger partial charge in [-0.25, -0.2) is 0 Å². The van der Waals surface area contributed by atoms with E-state index in [-0.39, 0.29) is 5.92 Å². The second-order valence-corrected chi connectivity index (χ2v) is 14.0. The Hall–Kier alpha value is -6.64. The van der Waals surface area contributed by atoms with Gasteiger partial charge in [0.1, 0.15) is 0 Å². The molecule has 0 bridgehead atoms. The van der Waals surface area contributed by atoms with E-state index in [2.05, 4.69) is 185 Å². The van der Waals surface area contributed by atoms with Crippen molar-refractivity contribution >= 4 is 43.6 Å². The molecule has 236 valence electrons. The van der Waals surface area contributed by atoms with Crippen molar-refractivity contribution in [2.24, 2.45) is 0 Å². The van der Waals surface area contributed by atoms with Crippen molar-refractivity contribution in [2.75, 3.05) is 0 Å². The molecule has 2 heteroatoms. The van der Waals surface area contributed by atoms with Gasteiger partial charge < -0.3 is 9.13 Å². The molecule has 0 saturated heterocycles. The van der Waals surface area contributed by atoms with Gasteiger partial charge in [0.05, 0.1) is 27.8 Å². The highest BCUT2D eigenvalue weighted by atomic mass is 15.0. The predicted octanol–water partition coefficient (Wildman–Crippen LogP) is 12.7. The van der Waals surface area contributed by atoms with Crippen molar-refractivity contribution < 1.29 is 0 Å². The van der Waals surface area contributed by atoms with Gasteiger partial charge in [0.25, 0.3) is 0 Å². The lowest BCUT2D eigenvalue weighted by atomic mass is 9.86. The highest BCUT2D eigenvalue weighted by Gasteiger charge is 2.31. The minimum atomic E-state index is 0.184. The van der Waals surface area contributed by atoms with E-state index in [1.807, 2.05) is 0 Å². The van der Waals surface area contributed by atoms with Crippen LogP contribution in [-0.2, 0) is 0 Å². The summed E-state index contributed by atoms with van der Waals surface area (Å²) < 4.78 is 4.99. The molecule has 0 radical (unpaired) electrons. The van der Waals surface area contributed by atoms with Gasteiger partial charge in [0, 0.05) is 44.3 Å². The van der Waals surface area contributed by atoms with Crippen molar-refractivity contribution in [3.05, 3.63) is 193 Å². The molecule has 0 fully saturated rings. The third kappa shape index (κ3) is 3.56. The third-order valence-corrected chi connectivity index (χ3v) is 11.5. The van der Waals surface area contributed by atoms with E-state index >= 15 is 0 Å². The molecule has 12 rings (SSSR count). The number of fused-ring (bicyclic) bond motifs is 14. The summed E-state index contributed by atoms with van der Waals surface area (Å²) in [5.74, 6) is 0.184. The van der Waals surface area contributed by atoms with Gasteiger partial charge in [0.2, 0.25) is 0 Å². The first kappa shape index (κ1) is 27.2. The largest absolute Gasteiger partial charge is 0.309 e. The second kappa shape index (κ2) is 9.97. The zero-order valence-corrected chi connectivity index (χ0v) is 27.7. The maximum absolute atomic E-state index is 2.53. The lowest BCUT2D eigenvalue weighted by Gasteiger charge is -2.19. The van der Waals surface area contributed by atoms with Crippen LogP contribution < -0.4 is 0 Å². The first-order valence-corrected chi connectivity index (χ1v) is 17.8. The molecule has 0 saturated carbocycles. The van der Waals surface area contributed by atoms with Crippen LogP contribution in [0.25, 0.3) is 88.4 Å². The molecule has 10 aromatic rings. The molecule has 3 heterocycles. The van der Waals surface area contributed by atoms with E-state index < -0.39 is 0 Å². The van der Waals surface area contributed by atoms with Crippen LogP contribution in [-0.4, -0.2) is 9.13 Å². The van der Waals surface area contributed by atoms with Crippen LogP contribution in [0, 0.1) is 0 Å². The highest BCUT2D eigenvalue weighted by molar-refractivity contribution is 6.18. The predicted molar refractivity (Wildman–Crippen MR) is 212 cm³/mol. The normalized spacial score (nSPS) is 13.0. The Morgan fingerprint density at radius 2 is 0.824 bits per heavy atom. The average Bonchev–Trinajstić information content (AvgIpc) is 3.80. The van der Waals surface area contributed by atoms with Crippen LogP contribution >= 0.6 is 0 Å². The molecule has 0 N–H and O–H groups in total. The van der Waals surface area contributed by atoms with Gasteiger partial charge in [0.15, 0.2) is 0 Å². The fourth-order valence-electron chi connectivity index (χ4n) is 9.48. The maximum atomic E-state index is 2.53. The Morgan fingerprint density at radius 3 is 1.45 bits per heavy atom. The third-order valence-electron chi connectivity index (χ3n) is 11.5. The van der Waals surface area contributed by atoms with E-state index in [0.717, 1.165) is 0 Å². The molecule has 1 aliphatic carbocycles. The van der Waals surface area contributed by atoms with Crippen molar-refractivity contribution in [2.45, 2.75) is 5.92 Å². The Labute approximate surface area is 295 Å². The second-order valence-electron chi connectivity index (χ2n) is 14.0. The molecule has 1 aliphatic heterocycles. The minimum Gasteiger partial charge on any atom is -0.309 e. The lowest BCUT2D eigenvalue weighted by molar-refractivity contribution is 1.01. The van der Waals surface area contributed by atoms with Crippen molar-refractivity contribution in [3.63, 3.8) is 0 Å². The van der Waals surface area contributed by atoms with E-state index in [1.54, 1.807) is 0 Å². The molecule has 0 atom stereocenters. The van der Waals surface area contributed by atoms with Gasteiger partial charge in [-0.3, -0.25) is 0 Å². The smallest absolute Gasteiger partial charge is 0.0621 e. The van der Waals surface area contributed by atoms with Crippen LogP contribution in [0.15, 0.2) is 176 Å². The summed E-state index contributed by atoms with van der Waals surface area (Å²) in [6.07, 6.45) is 0. The summed E-state index contributed by atoms with van der Waals surface area (Å²) in [6.45, 7) is 0. The number of nitrogens with zero attached hydrogens (tertiary/aromatic N) is 2. The van der Waals surface area contributed by atoms with Crippen LogP contribution in [0.4, 0.5) is 0 Å². The average molecular weight is 647 g/mol. The van der Waals surface area contributed by atoms with Gasteiger partial charge in [-0.2, -0.15) is 0 Å². The molecular weight excluding hydrogens is 617 g/mol. The summed E-state index contributed by atoms with van der Waals surface area (Å²) in [4.78, 5) is 0.